The summed E-state index contributed by atoms with van der Waals surface area (Å²) in [6.45, 7) is 3.73. The molecule has 0 unspecified atom stereocenters. The van der Waals surface area contributed by atoms with Gasteiger partial charge in [0.2, 0.25) is 17.6 Å². The third-order valence-corrected chi connectivity index (χ3v) is 6.72. The van der Waals surface area contributed by atoms with Crippen molar-refractivity contribution < 1.29 is 19.1 Å². The van der Waals surface area contributed by atoms with Gasteiger partial charge in [0.05, 0.1) is 17.5 Å². The van der Waals surface area contributed by atoms with Gasteiger partial charge in [-0.2, -0.15) is 0 Å². The lowest BCUT2D eigenvalue weighted by Crippen LogP contribution is -2.34. The lowest BCUT2D eigenvalue weighted by Gasteiger charge is -2.22. The number of amides is 2. The van der Waals surface area contributed by atoms with Crippen molar-refractivity contribution in [3.8, 4) is 5.75 Å². The fourth-order valence-corrected chi connectivity index (χ4v) is 5.33. The largest absolute Gasteiger partial charge is 0.480 e. The molecule has 1 aliphatic heterocycles. The van der Waals surface area contributed by atoms with Gasteiger partial charge in [0, 0.05) is 5.56 Å². The minimum atomic E-state index is -0.749. The number of benzene rings is 2. The summed E-state index contributed by atoms with van der Waals surface area (Å²) < 4.78 is 5.97. The summed E-state index contributed by atoms with van der Waals surface area (Å²) in [7, 11) is 0. The van der Waals surface area contributed by atoms with Gasteiger partial charge >= 0.3 is 0 Å². The number of Topliss-reactive ketones (excluding diaryl/α,β-unsaturated/α-hetero) is 1. The molecule has 0 aromatic heterocycles. The van der Waals surface area contributed by atoms with Crippen molar-refractivity contribution in [2.45, 2.75) is 26.4 Å². The highest BCUT2D eigenvalue weighted by atomic mass is 16.5. The quantitative estimate of drug-likeness (QED) is 0.431. The first-order valence-electron chi connectivity index (χ1n) is 10.4. The highest BCUT2D eigenvalue weighted by Gasteiger charge is 2.61. The maximum atomic E-state index is 13.3. The summed E-state index contributed by atoms with van der Waals surface area (Å²) in [6.07, 6.45) is 2.30. The maximum Gasteiger partial charge on any atom is 0.238 e. The van der Waals surface area contributed by atoms with Gasteiger partial charge in [0.25, 0.3) is 0 Å². The van der Waals surface area contributed by atoms with Crippen LogP contribution in [0.4, 0.5) is 5.69 Å². The van der Waals surface area contributed by atoms with Crippen molar-refractivity contribution >= 4 is 23.3 Å². The molecule has 5 atom stereocenters. The molecule has 30 heavy (non-hydrogen) atoms. The number of para-hydroxylation sites is 2. The van der Waals surface area contributed by atoms with E-state index in [2.05, 4.69) is 13.0 Å². The predicted octanol–water partition coefficient (Wildman–Crippen LogP) is 4.04. The standard InChI is InChI=1S/C25H23NO4/c1-14-12-17-13-18(14)22-21(17)24(28)26(25(22)29)19-10-6-7-11-20(19)30-15(2)23(27)16-8-4-3-5-9-16/h3-12,15,17-18,21-22H,13H2,1-2H3/t15-,17-,18-,21+,22-/m1/s1. The van der Waals surface area contributed by atoms with Crippen LogP contribution in [0.3, 0.4) is 0 Å². The Labute approximate surface area is 175 Å². The van der Waals surface area contributed by atoms with Gasteiger partial charge in [-0.3, -0.25) is 14.4 Å². The molecule has 0 radical (unpaired) electrons. The number of ether oxygens (including phenoxy) is 1. The molecule has 1 saturated heterocycles. The van der Waals surface area contributed by atoms with Crippen LogP contribution in [-0.2, 0) is 9.59 Å². The minimum Gasteiger partial charge on any atom is -0.480 e. The van der Waals surface area contributed by atoms with E-state index < -0.39 is 6.10 Å². The molecule has 2 bridgehead atoms. The molecule has 2 fully saturated rings. The molecule has 5 rings (SSSR count). The second-order valence-electron chi connectivity index (χ2n) is 8.44. The van der Waals surface area contributed by atoms with Gasteiger partial charge in [-0.1, -0.05) is 54.1 Å². The molecule has 3 aliphatic rings. The van der Waals surface area contributed by atoms with E-state index in [4.69, 9.17) is 4.74 Å². The second kappa shape index (κ2) is 6.94. The van der Waals surface area contributed by atoms with Crippen molar-refractivity contribution in [3.63, 3.8) is 0 Å². The molecule has 2 aromatic carbocycles. The SMILES string of the molecule is CC1=C[C@@H]2C[C@H]1[C@H]1C(=O)N(c3ccccc3O[C@H](C)C(=O)c3ccccc3)C(=O)[C@H]12. The van der Waals surface area contributed by atoms with E-state index in [9.17, 15) is 14.4 Å². The number of hydrogen-bond donors (Lipinski definition) is 0. The van der Waals surface area contributed by atoms with Crippen LogP contribution in [0, 0.1) is 23.7 Å². The summed E-state index contributed by atoms with van der Waals surface area (Å²) in [5.41, 5.74) is 2.20. The number of carbonyl (C=O) groups is 3. The van der Waals surface area contributed by atoms with Crippen molar-refractivity contribution in [3.05, 3.63) is 71.8 Å². The van der Waals surface area contributed by atoms with E-state index in [0.717, 1.165) is 6.42 Å². The van der Waals surface area contributed by atoms with Gasteiger partial charge in [0.15, 0.2) is 6.10 Å². The molecule has 1 heterocycles. The summed E-state index contributed by atoms with van der Waals surface area (Å²) in [5, 5.41) is 0. The molecule has 152 valence electrons. The van der Waals surface area contributed by atoms with E-state index in [-0.39, 0.29) is 41.3 Å². The Bertz CT molecular complexity index is 1070. The van der Waals surface area contributed by atoms with E-state index in [1.165, 1.54) is 10.5 Å². The first kappa shape index (κ1) is 18.8. The lowest BCUT2D eigenvalue weighted by molar-refractivity contribution is -0.123. The molecule has 2 aromatic rings. The molecule has 0 spiro atoms. The van der Waals surface area contributed by atoms with E-state index >= 15 is 0 Å². The highest BCUT2D eigenvalue weighted by Crippen LogP contribution is 2.56. The van der Waals surface area contributed by atoms with E-state index in [1.54, 1.807) is 55.5 Å². The van der Waals surface area contributed by atoms with Gasteiger partial charge < -0.3 is 4.74 Å². The van der Waals surface area contributed by atoms with Crippen LogP contribution in [0.15, 0.2) is 66.2 Å². The third kappa shape index (κ3) is 2.72. The molecule has 2 aliphatic carbocycles. The third-order valence-electron chi connectivity index (χ3n) is 6.72. The van der Waals surface area contributed by atoms with Crippen LogP contribution in [0.25, 0.3) is 0 Å². The second-order valence-corrected chi connectivity index (χ2v) is 8.44. The number of rotatable bonds is 5. The van der Waals surface area contributed by atoms with Crippen molar-refractivity contribution in [2.24, 2.45) is 23.7 Å². The summed E-state index contributed by atoms with van der Waals surface area (Å²) in [6, 6.07) is 15.9. The van der Waals surface area contributed by atoms with Crippen LogP contribution in [-0.4, -0.2) is 23.7 Å². The highest BCUT2D eigenvalue weighted by molar-refractivity contribution is 6.23. The first-order chi connectivity index (χ1) is 14.5. The number of anilines is 1. The van der Waals surface area contributed by atoms with Crippen LogP contribution >= 0.6 is 0 Å². The molecular formula is C25H23NO4. The summed E-state index contributed by atoms with van der Waals surface area (Å²) in [4.78, 5) is 40.5. The fourth-order valence-electron chi connectivity index (χ4n) is 5.33. The number of carbonyl (C=O) groups excluding carboxylic acids is 3. The van der Waals surface area contributed by atoms with Crippen LogP contribution in [0.2, 0.25) is 0 Å². The van der Waals surface area contributed by atoms with Crippen LogP contribution < -0.4 is 9.64 Å². The van der Waals surface area contributed by atoms with Crippen molar-refractivity contribution in [1.29, 1.82) is 0 Å². The number of ketones is 1. The molecule has 0 N–H and O–H groups in total. The fraction of sp³-hybridized carbons (Fsp3) is 0.320. The van der Waals surface area contributed by atoms with E-state index in [1.807, 2.05) is 6.07 Å². The number of hydrogen-bond acceptors (Lipinski definition) is 4. The van der Waals surface area contributed by atoms with E-state index in [0.29, 0.717) is 17.0 Å². The van der Waals surface area contributed by atoms with Gasteiger partial charge in [-0.15, -0.1) is 0 Å². The normalized spacial score (nSPS) is 27.8. The maximum absolute atomic E-state index is 13.3. The first-order valence-corrected chi connectivity index (χ1v) is 10.4. The number of fused-ring (bicyclic) bond motifs is 5. The Hall–Kier alpha value is -3.21. The lowest BCUT2D eigenvalue weighted by atomic mass is 9.82. The Morgan fingerprint density at radius 1 is 1.00 bits per heavy atom. The topological polar surface area (TPSA) is 63.7 Å². The molecule has 2 amide bonds. The Balaban J connectivity index is 1.43. The monoisotopic (exact) mass is 401 g/mol. The predicted molar refractivity (Wildman–Crippen MR) is 112 cm³/mol. The van der Waals surface area contributed by atoms with Gasteiger partial charge in [-0.25, -0.2) is 4.90 Å². The number of nitrogens with zero attached hydrogens (tertiary/aromatic N) is 1. The zero-order chi connectivity index (χ0) is 21.0. The van der Waals surface area contributed by atoms with Crippen LogP contribution in [0.1, 0.15) is 30.6 Å². The van der Waals surface area contributed by atoms with Gasteiger partial charge in [0.1, 0.15) is 5.75 Å². The molecule has 1 saturated carbocycles. The van der Waals surface area contributed by atoms with Crippen molar-refractivity contribution in [2.75, 3.05) is 4.90 Å². The molecule has 5 heteroatoms. The Morgan fingerprint density at radius 2 is 1.67 bits per heavy atom. The van der Waals surface area contributed by atoms with Gasteiger partial charge in [-0.05, 0) is 44.2 Å². The average Bonchev–Trinajstić information content (AvgIpc) is 3.39. The average molecular weight is 401 g/mol. The molecular weight excluding hydrogens is 378 g/mol. The smallest absolute Gasteiger partial charge is 0.238 e. The van der Waals surface area contributed by atoms with Crippen LogP contribution in [0.5, 0.6) is 5.75 Å². The Kier molecular flexibility index (Phi) is 4.35. The summed E-state index contributed by atoms with van der Waals surface area (Å²) >= 11 is 0. The zero-order valence-electron chi connectivity index (χ0n) is 16.9. The minimum absolute atomic E-state index is 0.146. The summed E-state index contributed by atoms with van der Waals surface area (Å²) in [5.74, 6) is -0.331. The number of allylic oxidation sites excluding steroid dienone is 2. The number of imide groups is 1. The zero-order valence-corrected chi connectivity index (χ0v) is 16.9. The Morgan fingerprint density at radius 3 is 2.43 bits per heavy atom. The van der Waals surface area contributed by atoms with Crippen molar-refractivity contribution in [1.82, 2.24) is 0 Å². The molecule has 5 nitrogen and oxygen atoms in total.